The lowest BCUT2D eigenvalue weighted by Crippen LogP contribution is -2.49. The molecule has 1 aliphatic rings. The monoisotopic (exact) mass is 474 g/mol. The van der Waals surface area contributed by atoms with Crippen molar-refractivity contribution in [3.8, 4) is 5.69 Å². The van der Waals surface area contributed by atoms with Crippen LogP contribution < -0.4 is 5.43 Å². The number of aryl methyl sites for hydroxylation is 1. The first-order valence-electron chi connectivity index (χ1n) is 10.2. The van der Waals surface area contributed by atoms with Crippen LogP contribution in [0.5, 0.6) is 0 Å². The number of hydrogen-bond donors (Lipinski definition) is 0. The molecule has 166 valence electrons. The molecule has 2 heterocycles. The molecule has 1 saturated heterocycles. The van der Waals surface area contributed by atoms with Gasteiger partial charge >= 0.3 is 0 Å². The molecule has 1 aromatic heterocycles. The average molecular weight is 475 g/mol. The molecule has 0 saturated carbocycles. The minimum absolute atomic E-state index is 0.152. The lowest BCUT2D eigenvalue weighted by molar-refractivity contribution is 0.0618. The maximum Gasteiger partial charge on any atom is 0.278 e. The molecular weight excluding hydrogens is 454 g/mol. The number of rotatable bonds is 4. The van der Waals surface area contributed by atoms with Crippen molar-refractivity contribution in [1.29, 1.82) is 0 Å². The summed E-state index contributed by atoms with van der Waals surface area (Å²) in [7, 11) is 0. The SMILES string of the molecule is Cc1cc(=O)c(C(=O)N2CCN(Cc3c(F)cccc3Cl)CC2)nn1-c1ccccc1Cl. The molecule has 2 aromatic carbocycles. The Kier molecular flexibility index (Phi) is 6.60. The molecule has 0 N–H and O–H groups in total. The van der Waals surface area contributed by atoms with Crippen LogP contribution in [0.4, 0.5) is 4.39 Å². The Bertz CT molecular complexity index is 1200. The summed E-state index contributed by atoms with van der Waals surface area (Å²) in [5, 5.41) is 5.18. The Balaban J connectivity index is 1.51. The van der Waals surface area contributed by atoms with E-state index in [1.54, 1.807) is 42.2 Å². The number of carbonyl (C=O) groups is 1. The number of carbonyl (C=O) groups excluding carboxylic acids is 1. The number of amides is 1. The molecule has 0 radical (unpaired) electrons. The molecule has 1 aliphatic heterocycles. The van der Waals surface area contributed by atoms with Gasteiger partial charge < -0.3 is 4.90 Å². The number of benzene rings is 2. The van der Waals surface area contributed by atoms with E-state index in [0.717, 1.165) is 0 Å². The van der Waals surface area contributed by atoms with Crippen LogP contribution in [0.15, 0.2) is 53.3 Å². The summed E-state index contributed by atoms with van der Waals surface area (Å²) in [5.41, 5.74) is 1.02. The van der Waals surface area contributed by atoms with Crippen LogP contribution in [-0.2, 0) is 6.54 Å². The maximum absolute atomic E-state index is 14.1. The van der Waals surface area contributed by atoms with Crippen LogP contribution in [0, 0.1) is 12.7 Å². The molecule has 3 aromatic rings. The third kappa shape index (κ3) is 4.55. The molecule has 4 rings (SSSR count). The Morgan fingerprint density at radius 3 is 2.41 bits per heavy atom. The largest absolute Gasteiger partial charge is 0.335 e. The predicted molar refractivity (Wildman–Crippen MR) is 122 cm³/mol. The first-order valence-corrected chi connectivity index (χ1v) is 10.9. The first kappa shape index (κ1) is 22.5. The summed E-state index contributed by atoms with van der Waals surface area (Å²) >= 11 is 12.4. The van der Waals surface area contributed by atoms with Crippen molar-refractivity contribution < 1.29 is 9.18 Å². The smallest absolute Gasteiger partial charge is 0.278 e. The predicted octanol–water partition coefficient (Wildman–Crippen LogP) is 3.94. The van der Waals surface area contributed by atoms with Crippen molar-refractivity contribution in [2.24, 2.45) is 0 Å². The van der Waals surface area contributed by atoms with Gasteiger partial charge in [0.1, 0.15) is 5.82 Å². The van der Waals surface area contributed by atoms with E-state index in [-0.39, 0.29) is 11.5 Å². The third-order valence-corrected chi connectivity index (χ3v) is 6.17. The van der Waals surface area contributed by atoms with E-state index in [1.165, 1.54) is 16.8 Å². The van der Waals surface area contributed by atoms with Gasteiger partial charge in [0.15, 0.2) is 5.69 Å². The topological polar surface area (TPSA) is 58.4 Å². The second-order valence-corrected chi connectivity index (χ2v) is 8.44. The summed E-state index contributed by atoms with van der Waals surface area (Å²) in [4.78, 5) is 29.3. The van der Waals surface area contributed by atoms with Crippen LogP contribution in [0.1, 0.15) is 21.7 Å². The van der Waals surface area contributed by atoms with Crippen molar-refractivity contribution in [3.63, 3.8) is 0 Å². The van der Waals surface area contributed by atoms with E-state index >= 15 is 0 Å². The van der Waals surface area contributed by atoms with Gasteiger partial charge in [0.05, 0.1) is 10.7 Å². The summed E-state index contributed by atoms with van der Waals surface area (Å²) in [6, 6.07) is 13.1. The first-order chi connectivity index (χ1) is 15.3. The molecule has 1 amide bonds. The van der Waals surface area contributed by atoms with Crippen molar-refractivity contribution in [2.45, 2.75) is 13.5 Å². The van der Waals surface area contributed by atoms with Crippen molar-refractivity contribution >= 4 is 29.1 Å². The highest BCUT2D eigenvalue weighted by Gasteiger charge is 2.26. The second-order valence-electron chi connectivity index (χ2n) is 7.63. The lowest BCUT2D eigenvalue weighted by Gasteiger charge is -2.34. The van der Waals surface area contributed by atoms with Crippen LogP contribution in [0.2, 0.25) is 10.0 Å². The Morgan fingerprint density at radius 1 is 1.03 bits per heavy atom. The fourth-order valence-corrected chi connectivity index (χ4v) is 4.17. The number of para-hydroxylation sites is 1. The highest BCUT2D eigenvalue weighted by atomic mass is 35.5. The Labute approximate surface area is 194 Å². The van der Waals surface area contributed by atoms with E-state index in [2.05, 4.69) is 5.10 Å². The number of nitrogens with zero attached hydrogens (tertiary/aromatic N) is 4. The standard InChI is InChI=1S/C23H21Cl2FN4O2/c1-15-13-21(31)22(27-30(15)20-8-3-2-5-18(20)25)23(32)29-11-9-28(10-12-29)14-16-17(24)6-4-7-19(16)26/h2-8,13H,9-12,14H2,1H3. The van der Waals surface area contributed by atoms with Gasteiger partial charge in [-0.2, -0.15) is 5.10 Å². The third-order valence-electron chi connectivity index (χ3n) is 5.49. The summed E-state index contributed by atoms with van der Waals surface area (Å²) in [6.45, 7) is 3.94. The van der Waals surface area contributed by atoms with Gasteiger partial charge in [-0.1, -0.05) is 41.4 Å². The number of aromatic nitrogens is 2. The van der Waals surface area contributed by atoms with Gasteiger partial charge in [-0.3, -0.25) is 14.5 Å². The Morgan fingerprint density at radius 2 is 1.72 bits per heavy atom. The number of piperazine rings is 1. The molecule has 32 heavy (non-hydrogen) atoms. The maximum atomic E-state index is 14.1. The van der Waals surface area contributed by atoms with E-state index < -0.39 is 11.3 Å². The lowest BCUT2D eigenvalue weighted by atomic mass is 10.1. The van der Waals surface area contributed by atoms with E-state index in [1.807, 2.05) is 11.0 Å². The van der Waals surface area contributed by atoms with Gasteiger partial charge in [-0.05, 0) is 31.2 Å². The average Bonchev–Trinajstić information content (AvgIpc) is 2.77. The van der Waals surface area contributed by atoms with Crippen LogP contribution in [0.25, 0.3) is 5.69 Å². The zero-order chi connectivity index (χ0) is 22.8. The number of hydrogen-bond acceptors (Lipinski definition) is 4. The molecule has 6 nitrogen and oxygen atoms in total. The van der Waals surface area contributed by atoms with Gasteiger partial charge in [0.2, 0.25) is 5.43 Å². The zero-order valence-corrected chi connectivity index (χ0v) is 18.9. The number of halogens is 3. The zero-order valence-electron chi connectivity index (χ0n) is 17.4. The van der Waals surface area contributed by atoms with E-state index in [9.17, 15) is 14.0 Å². The Hall–Kier alpha value is -2.74. The minimum atomic E-state index is -0.434. The quantitative estimate of drug-likeness (QED) is 0.574. The van der Waals surface area contributed by atoms with Gasteiger partial charge in [-0.25, -0.2) is 9.07 Å². The molecule has 1 fully saturated rings. The molecule has 0 atom stereocenters. The van der Waals surface area contributed by atoms with Crippen LogP contribution >= 0.6 is 23.2 Å². The normalized spacial score (nSPS) is 14.6. The van der Waals surface area contributed by atoms with Crippen molar-refractivity contribution in [2.75, 3.05) is 26.2 Å². The van der Waals surface area contributed by atoms with Crippen LogP contribution in [0.3, 0.4) is 0 Å². The van der Waals surface area contributed by atoms with E-state index in [0.29, 0.717) is 59.7 Å². The molecular formula is C23H21Cl2FN4O2. The molecule has 0 spiro atoms. The molecule has 0 bridgehead atoms. The fourth-order valence-electron chi connectivity index (χ4n) is 3.73. The van der Waals surface area contributed by atoms with Crippen molar-refractivity contribution in [1.82, 2.24) is 19.6 Å². The van der Waals surface area contributed by atoms with Gasteiger partial charge in [-0.15, -0.1) is 0 Å². The highest BCUT2D eigenvalue weighted by molar-refractivity contribution is 6.32. The highest BCUT2D eigenvalue weighted by Crippen LogP contribution is 2.22. The molecule has 9 heteroatoms. The fraction of sp³-hybridized carbons (Fsp3) is 0.261. The van der Waals surface area contributed by atoms with E-state index in [4.69, 9.17) is 23.2 Å². The van der Waals surface area contributed by atoms with Gasteiger partial charge in [0.25, 0.3) is 5.91 Å². The summed E-state index contributed by atoms with van der Waals surface area (Å²) in [6.07, 6.45) is 0. The van der Waals surface area contributed by atoms with Crippen LogP contribution in [-0.4, -0.2) is 51.7 Å². The minimum Gasteiger partial charge on any atom is -0.335 e. The molecule has 0 unspecified atom stereocenters. The molecule has 0 aliphatic carbocycles. The van der Waals surface area contributed by atoms with Crippen molar-refractivity contribution in [3.05, 3.63) is 91.6 Å². The second kappa shape index (κ2) is 9.40. The summed E-state index contributed by atoms with van der Waals surface area (Å²) < 4.78 is 15.6. The van der Waals surface area contributed by atoms with Gasteiger partial charge in [0, 0.05) is 55.1 Å². The summed E-state index contributed by atoms with van der Waals surface area (Å²) in [5.74, 6) is -0.778.